The van der Waals surface area contributed by atoms with Gasteiger partial charge in [0.2, 0.25) is 0 Å². The standard InChI is InChI=1S/C16H22O2Se/c1-12(9-13(2)17)10-16(11-14(3)18)19-15-7-5-4-6-8-15/h4-8,10,13-14,17-18H,1,9,11H2,2-3H3/b16-10+. The fourth-order valence-electron chi connectivity index (χ4n) is 1.73. The van der Waals surface area contributed by atoms with E-state index in [9.17, 15) is 10.2 Å². The van der Waals surface area contributed by atoms with Crippen LogP contribution in [0.4, 0.5) is 0 Å². The van der Waals surface area contributed by atoms with Gasteiger partial charge in [-0.05, 0) is 0 Å². The van der Waals surface area contributed by atoms with Crippen LogP contribution in [0.2, 0.25) is 0 Å². The second-order valence-corrected chi connectivity index (χ2v) is 7.31. The summed E-state index contributed by atoms with van der Waals surface area (Å²) < 4.78 is 2.49. The van der Waals surface area contributed by atoms with Gasteiger partial charge < -0.3 is 0 Å². The van der Waals surface area contributed by atoms with E-state index in [2.05, 4.69) is 18.7 Å². The van der Waals surface area contributed by atoms with Gasteiger partial charge in [0, 0.05) is 0 Å². The molecule has 0 heterocycles. The van der Waals surface area contributed by atoms with Crippen molar-refractivity contribution in [2.24, 2.45) is 0 Å². The zero-order chi connectivity index (χ0) is 14.3. The summed E-state index contributed by atoms with van der Waals surface area (Å²) in [6.45, 7) is 7.53. The van der Waals surface area contributed by atoms with Gasteiger partial charge in [-0.15, -0.1) is 0 Å². The maximum atomic E-state index is 9.59. The van der Waals surface area contributed by atoms with E-state index in [1.807, 2.05) is 24.3 Å². The number of rotatable bonds is 7. The normalized spacial score (nSPS) is 15.1. The number of allylic oxidation sites excluding steroid dienone is 1. The van der Waals surface area contributed by atoms with Gasteiger partial charge in [0.1, 0.15) is 0 Å². The molecule has 2 nitrogen and oxygen atoms in total. The molecule has 0 fully saturated rings. The van der Waals surface area contributed by atoms with Gasteiger partial charge >= 0.3 is 122 Å². The SMILES string of the molecule is C=C(/C=C(\CC(C)O)[Se]c1ccccc1)CC(C)O. The molecule has 0 aliphatic rings. The molecule has 2 atom stereocenters. The molecule has 0 aliphatic carbocycles. The van der Waals surface area contributed by atoms with Gasteiger partial charge in [0.05, 0.1) is 0 Å². The molecule has 1 aromatic carbocycles. The number of hydrogen-bond donors (Lipinski definition) is 2. The van der Waals surface area contributed by atoms with E-state index in [1.54, 1.807) is 13.8 Å². The van der Waals surface area contributed by atoms with Crippen molar-refractivity contribution in [2.45, 2.75) is 38.9 Å². The summed E-state index contributed by atoms with van der Waals surface area (Å²) in [6, 6.07) is 10.3. The molecule has 0 saturated heterocycles. The summed E-state index contributed by atoms with van der Waals surface area (Å²) in [5.74, 6) is 0. The summed E-state index contributed by atoms with van der Waals surface area (Å²) in [5.41, 5.74) is 0.920. The van der Waals surface area contributed by atoms with Crippen LogP contribution < -0.4 is 4.46 Å². The molecule has 0 amide bonds. The molecule has 1 rings (SSSR count). The van der Waals surface area contributed by atoms with Gasteiger partial charge in [0.15, 0.2) is 0 Å². The summed E-state index contributed by atoms with van der Waals surface area (Å²) >= 11 is 0.194. The van der Waals surface area contributed by atoms with Gasteiger partial charge in [-0.25, -0.2) is 0 Å². The fourth-order valence-corrected chi connectivity index (χ4v) is 4.13. The first-order valence-electron chi connectivity index (χ1n) is 6.44. The quantitative estimate of drug-likeness (QED) is 0.595. The topological polar surface area (TPSA) is 40.5 Å². The van der Waals surface area contributed by atoms with Crippen LogP contribution >= 0.6 is 0 Å². The summed E-state index contributed by atoms with van der Waals surface area (Å²) in [7, 11) is 0. The van der Waals surface area contributed by atoms with Gasteiger partial charge in [0.25, 0.3) is 0 Å². The summed E-state index contributed by atoms with van der Waals surface area (Å²) in [4.78, 5) is 0. The molecular weight excluding hydrogens is 303 g/mol. The van der Waals surface area contributed by atoms with Crippen molar-refractivity contribution in [3.05, 3.63) is 53.0 Å². The molecule has 0 radical (unpaired) electrons. The monoisotopic (exact) mass is 326 g/mol. The molecule has 0 aliphatic heterocycles. The Bertz CT molecular complexity index is 422. The van der Waals surface area contributed by atoms with Crippen molar-refractivity contribution in [3.63, 3.8) is 0 Å². The van der Waals surface area contributed by atoms with Gasteiger partial charge in [-0.3, -0.25) is 0 Å². The zero-order valence-corrected chi connectivity index (χ0v) is 13.3. The van der Waals surface area contributed by atoms with E-state index < -0.39 is 0 Å². The van der Waals surface area contributed by atoms with E-state index >= 15 is 0 Å². The molecule has 19 heavy (non-hydrogen) atoms. The van der Waals surface area contributed by atoms with E-state index in [4.69, 9.17) is 0 Å². The second kappa shape index (κ2) is 8.34. The maximum absolute atomic E-state index is 9.59. The minimum atomic E-state index is -0.374. The van der Waals surface area contributed by atoms with Crippen LogP contribution in [0, 0.1) is 0 Å². The van der Waals surface area contributed by atoms with Crippen LogP contribution in [0.1, 0.15) is 26.7 Å². The Morgan fingerprint density at radius 1 is 1.16 bits per heavy atom. The Hall–Kier alpha value is -0.861. The Balaban J connectivity index is 2.77. The third kappa shape index (κ3) is 7.34. The Labute approximate surface area is 122 Å². The molecule has 0 spiro atoms. The number of aliphatic hydroxyl groups excluding tert-OH is 2. The average Bonchev–Trinajstić information content (AvgIpc) is 2.27. The summed E-state index contributed by atoms with van der Waals surface area (Å²) in [6.07, 6.45) is 2.55. The van der Waals surface area contributed by atoms with Crippen LogP contribution in [0.25, 0.3) is 0 Å². The zero-order valence-electron chi connectivity index (χ0n) is 11.5. The third-order valence-electron chi connectivity index (χ3n) is 2.41. The van der Waals surface area contributed by atoms with E-state index in [0.717, 1.165) is 5.57 Å². The van der Waals surface area contributed by atoms with Gasteiger partial charge in [-0.2, -0.15) is 0 Å². The molecule has 2 unspecified atom stereocenters. The molecule has 104 valence electrons. The molecule has 0 saturated carbocycles. The van der Waals surface area contributed by atoms with Crippen molar-refractivity contribution in [1.29, 1.82) is 0 Å². The first kappa shape index (κ1) is 16.2. The van der Waals surface area contributed by atoms with Crippen LogP contribution in [0.15, 0.2) is 53.0 Å². The molecular formula is C16H22O2Se. The molecule has 0 aromatic heterocycles. The molecule has 1 aromatic rings. The van der Waals surface area contributed by atoms with Crippen molar-refractivity contribution < 1.29 is 10.2 Å². The van der Waals surface area contributed by atoms with Crippen LogP contribution in [-0.4, -0.2) is 37.4 Å². The molecule has 0 bridgehead atoms. The van der Waals surface area contributed by atoms with E-state index in [-0.39, 0.29) is 27.2 Å². The van der Waals surface area contributed by atoms with E-state index in [0.29, 0.717) is 12.8 Å². The fraction of sp³-hybridized carbons (Fsp3) is 0.375. The predicted molar refractivity (Wildman–Crippen MR) is 81.6 cm³/mol. The third-order valence-corrected chi connectivity index (χ3v) is 4.62. The Morgan fingerprint density at radius 2 is 1.74 bits per heavy atom. The summed E-state index contributed by atoms with van der Waals surface area (Å²) in [5, 5.41) is 19.0. The first-order valence-corrected chi connectivity index (χ1v) is 8.16. The molecule has 3 heteroatoms. The van der Waals surface area contributed by atoms with Crippen molar-refractivity contribution in [2.75, 3.05) is 0 Å². The van der Waals surface area contributed by atoms with Crippen LogP contribution in [-0.2, 0) is 0 Å². The number of benzene rings is 1. The predicted octanol–water partition coefficient (Wildman–Crippen LogP) is 2.00. The second-order valence-electron chi connectivity index (χ2n) is 4.79. The first-order chi connectivity index (χ1) is 8.97. The van der Waals surface area contributed by atoms with Gasteiger partial charge in [-0.1, -0.05) is 0 Å². The van der Waals surface area contributed by atoms with Crippen LogP contribution in [0.3, 0.4) is 0 Å². The van der Waals surface area contributed by atoms with E-state index in [1.165, 1.54) is 8.93 Å². The number of hydrogen-bond acceptors (Lipinski definition) is 2. The van der Waals surface area contributed by atoms with Crippen molar-refractivity contribution in [1.82, 2.24) is 0 Å². The molecule has 2 N–H and O–H groups in total. The van der Waals surface area contributed by atoms with Crippen molar-refractivity contribution in [3.8, 4) is 0 Å². The van der Waals surface area contributed by atoms with Crippen LogP contribution in [0.5, 0.6) is 0 Å². The minimum absolute atomic E-state index is 0.194. The van der Waals surface area contributed by atoms with Crippen molar-refractivity contribution >= 4 is 19.4 Å². The Kier molecular flexibility index (Phi) is 7.11. The Morgan fingerprint density at radius 3 is 2.26 bits per heavy atom. The average molecular weight is 325 g/mol. The number of aliphatic hydroxyl groups is 2.